The van der Waals surface area contributed by atoms with Crippen LogP contribution >= 0.6 is 0 Å². The number of aryl methyl sites for hydroxylation is 1. The van der Waals surface area contributed by atoms with Gasteiger partial charge in [0.15, 0.2) is 0 Å². The van der Waals surface area contributed by atoms with Crippen LogP contribution < -0.4 is 11.3 Å². The van der Waals surface area contributed by atoms with E-state index in [1.165, 1.54) is 0 Å². The van der Waals surface area contributed by atoms with Crippen molar-refractivity contribution in [3.8, 4) is 11.1 Å². The Bertz CT molecular complexity index is 549. The molecule has 0 heterocycles. The first-order chi connectivity index (χ1) is 8.24. The molecule has 2 rings (SSSR count). The molecule has 2 aromatic rings. The minimum atomic E-state index is -0.274. The van der Waals surface area contributed by atoms with E-state index in [2.05, 4.69) is 5.43 Å². The van der Waals surface area contributed by atoms with Gasteiger partial charge in [-0.05, 0) is 29.7 Å². The highest BCUT2D eigenvalue weighted by Crippen LogP contribution is 2.26. The fourth-order valence-electron chi connectivity index (χ4n) is 1.87. The summed E-state index contributed by atoms with van der Waals surface area (Å²) in [5.41, 5.74) is 5.83. The van der Waals surface area contributed by atoms with Gasteiger partial charge in [0.2, 0.25) is 0 Å². The fraction of sp³-hybridized carbons (Fsp3) is 0.0714. The normalized spacial score (nSPS) is 10.0. The first-order valence-corrected chi connectivity index (χ1v) is 5.40. The molecule has 0 aromatic heterocycles. The Balaban J connectivity index is 2.60. The highest BCUT2D eigenvalue weighted by Gasteiger charge is 2.11. The van der Waals surface area contributed by atoms with Gasteiger partial charge in [-0.3, -0.25) is 10.2 Å². The molecule has 0 aliphatic carbocycles. The number of carbonyl (C=O) groups excluding carboxylic acids is 1. The molecule has 3 heteroatoms. The van der Waals surface area contributed by atoms with E-state index < -0.39 is 0 Å². The lowest BCUT2D eigenvalue weighted by molar-refractivity contribution is 0.0954. The van der Waals surface area contributed by atoms with E-state index in [-0.39, 0.29) is 5.91 Å². The number of amides is 1. The van der Waals surface area contributed by atoms with E-state index >= 15 is 0 Å². The fourth-order valence-corrected chi connectivity index (χ4v) is 1.87. The Morgan fingerprint density at radius 1 is 1.00 bits per heavy atom. The predicted molar refractivity (Wildman–Crippen MR) is 68.3 cm³/mol. The lowest BCUT2D eigenvalue weighted by Crippen LogP contribution is -2.30. The van der Waals surface area contributed by atoms with Crippen molar-refractivity contribution in [1.82, 2.24) is 5.43 Å². The van der Waals surface area contributed by atoms with Gasteiger partial charge in [-0.2, -0.15) is 0 Å². The van der Waals surface area contributed by atoms with Crippen molar-refractivity contribution in [2.75, 3.05) is 0 Å². The Morgan fingerprint density at radius 2 is 1.59 bits per heavy atom. The third-order valence-electron chi connectivity index (χ3n) is 2.74. The number of hydrazine groups is 1. The maximum absolute atomic E-state index is 11.7. The summed E-state index contributed by atoms with van der Waals surface area (Å²) in [6.07, 6.45) is 0. The van der Waals surface area contributed by atoms with Crippen LogP contribution in [0.25, 0.3) is 11.1 Å². The molecule has 0 spiro atoms. The van der Waals surface area contributed by atoms with Gasteiger partial charge in [0.25, 0.3) is 5.91 Å². The van der Waals surface area contributed by atoms with E-state index in [0.717, 1.165) is 16.7 Å². The number of rotatable bonds is 2. The SMILES string of the molecule is Cc1ccccc1-c1ccccc1C(=O)NN. The molecule has 0 aliphatic rings. The molecule has 17 heavy (non-hydrogen) atoms. The average molecular weight is 226 g/mol. The zero-order valence-electron chi connectivity index (χ0n) is 9.60. The molecule has 0 atom stereocenters. The van der Waals surface area contributed by atoms with Crippen LogP contribution in [0.5, 0.6) is 0 Å². The van der Waals surface area contributed by atoms with Crippen LogP contribution in [-0.2, 0) is 0 Å². The van der Waals surface area contributed by atoms with Gasteiger partial charge in [-0.15, -0.1) is 0 Å². The molecular formula is C14H14N2O. The second-order valence-corrected chi connectivity index (χ2v) is 3.83. The van der Waals surface area contributed by atoms with Gasteiger partial charge >= 0.3 is 0 Å². The zero-order valence-corrected chi connectivity index (χ0v) is 9.60. The van der Waals surface area contributed by atoms with Crippen molar-refractivity contribution in [3.63, 3.8) is 0 Å². The Labute approximate surface area is 100 Å². The largest absolute Gasteiger partial charge is 0.290 e. The zero-order chi connectivity index (χ0) is 12.3. The summed E-state index contributed by atoms with van der Waals surface area (Å²) in [5.74, 6) is 4.92. The molecule has 0 unspecified atom stereocenters. The monoisotopic (exact) mass is 226 g/mol. The van der Waals surface area contributed by atoms with Crippen molar-refractivity contribution < 1.29 is 4.79 Å². The number of hydrogen-bond donors (Lipinski definition) is 2. The first kappa shape index (κ1) is 11.4. The van der Waals surface area contributed by atoms with Gasteiger partial charge in [0, 0.05) is 5.56 Å². The highest BCUT2D eigenvalue weighted by atomic mass is 16.2. The maximum Gasteiger partial charge on any atom is 0.265 e. The molecule has 0 saturated carbocycles. The average Bonchev–Trinajstić information content (AvgIpc) is 2.38. The molecule has 86 valence electrons. The summed E-state index contributed by atoms with van der Waals surface area (Å²) in [5, 5.41) is 0. The molecule has 3 nitrogen and oxygen atoms in total. The van der Waals surface area contributed by atoms with Gasteiger partial charge in [0.05, 0.1) is 0 Å². The molecule has 0 radical (unpaired) electrons. The summed E-state index contributed by atoms with van der Waals surface area (Å²) in [6.45, 7) is 2.02. The summed E-state index contributed by atoms with van der Waals surface area (Å²) in [7, 11) is 0. The topological polar surface area (TPSA) is 55.1 Å². The second-order valence-electron chi connectivity index (χ2n) is 3.83. The summed E-state index contributed by atoms with van der Waals surface area (Å²) in [6, 6.07) is 15.4. The standard InChI is InChI=1S/C14H14N2O/c1-10-6-2-3-7-11(10)12-8-4-5-9-13(12)14(17)16-15/h2-9H,15H2,1H3,(H,16,17). The summed E-state index contributed by atoms with van der Waals surface area (Å²) < 4.78 is 0. The molecule has 0 bridgehead atoms. The van der Waals surface area contributed by atoms with Gasteiger partial charge in [-0.1, -0.05) is 42.5 Å². The maximum atomic E-state index is 11.7. The number of carbonyl (C=O) groups is 1. The van der Waals surface area contributed by atoms with Crippen molar-refractivity contribution >= 4 is 5.91 Å². The van der Waals surface area contributed by atoms with Crippen LogP contribution in [0.2, 0.25) is 0 Å². The van der Waals surface area contributed by atoms with Crippen molar-refractivity contribution in [1.29, 1.82) is 0 Å². The van der Waals surface area contributed by atoms with E-state index in [1.54, 1.807) is 6.07 Å². The van der Waals surface area contributed by atoms with Crippen LogP contribution in [0.15, 0.2) is 48.5 Å². The van der Waals surface area contributed by atoms with Gasteiger partial charge in [0.1, 0.15) is 0 Å². The third-order valence-corrected chi connectivity index (χ3v) is 2.74. The van der Waals surface area contributed by atoms with Gasteiger partial charge < -0.3 is 0 Å². The molecule has 1 amide bonds. The lowest BCUT2D eigenvalue weighted by Gasteiger charge is -2.10. The molecule has 0 fully saturated rings. The van der Waals surface area contributed by atoms with Crippen molar-refractivity contribution in [3.05, 3.63) is 59.7 Å². The first-order valence-electron chi connectivity index (χ1n) is 5.40. The lowest BCUT2D eigenvalue weighted by atomic mass is 9.96. The number of nitrogens with two attached hydrogens (primary N) is 1. The van der Waals surface area contributed by atoms with Crippen LogP contribution in [0.4, 0.5) is 0 Å². The summed E-state index contributed by atoms with van der Waals surface area (Å²) >= 11 is 0. The molecular weight excluding hydrogens is 212 g/mol. The Kier molecular flexibility index (Phi) is 3.21. The van der Waals surface area contributed by atoms with E-state index in [1.807, 2.05) is 49.4 Å². The van der Waals surface area contributed by atoms with Crippen molar-refractivity contribution in [2.24, 2.45) is 5.84 Å². The quantitative estimate of drug-likeness (QED) is 0.469. The Hall–Kier alpha value is -2.13. The Morgan fingerprint density at radius 3 is 2.24 bits per heavy atom. The molecule has 3 N–H and O–H groups in total. The van der Waals surface area contributed by atoms with Gasteiger partial charge in [-0.25, -0.2) is 5.84 Å². The van der Waals surface area contributed by atoms with E-state index in [0.29, 0.717) is 5.56 Å². The predicted octanol–water partition coefficient (Wildman–Crippen LogP) is 2.27. The second kappa shape index (κ2) is 4.80. The van der Waals surface area contributed by atoms with E-state index in [9.17, 15) is 4.79 Å². The third kappa shape index (κ3) is 2.19. The van der Waals surface area contributed by atoms with E-state index in [4.69, 9.17) is 5.84 Å². The molecule has 2 aromatic carbocycles. The summed E-state index contributed by atoms with van der Waals surface area (Å²) in [4.78, 5) is 11.7. The number of nitrogen functional groups attached to an aromatic ring is 1. The highest BCUT2D eigenvalue weighted by molar-refractivity contribution is 6.00. The molecule has 0 saturated heterocycles. The smallest absolute Gasteiger partial charge is 0.265 e. The van der Waals surface area contributed by atoms with Crippen LogP contribution in [0.1, 0.15) is 15.9 Å². The number of nitrogens with one attached hydrogen (secondary N) is 1. The van der Waals surface area contributed by atoms with Crippen LogP contribution in [0.3, 0.4) is 0 Å². The minimum Gasteiger partial charge on any atom is -0.290 e. The van der Waals surface area contributed by atoms with Crippen LogP contribution in [0, 0.1) is 6.92 Å². The number of benzene rings is 2. The minimum absolute atomic E-state index is 0.274. The number of hydrogen-bond acceptors (Lipinski definition) is 2. The van der Waals surface area contributed by atoms with Crippen molar-refractivity contribution in [2.45, 2.75) is 6.92 Å². The van der Waals surface area contributed by atoms with Crippen LogP contribution in [-0.4, -0.2) is 5.91 Å². The molecule has 0 aliphatic heterocycles.